The molecule has 5 nitrogen and oxygen atoms in total. The zero-order valence-corrected chi connectivity index (χ0v) is 15.3. The number of rotatable bonds is 3. The van der Waals surface area contributed by atoms with E-state index in [0.717, 1.165) is 18.2 Å². The first-order valence-electron chi connectivity index (χ1n) is 8.25. The van der Waals surface area contributed by atoms with Gasteiger partial charge in [-0.25, -0.2) is 4.39 Å². The van der Waals surface area contributed by atoms with E-state index in [-0.39, 0.29) is 16.5 Å². The predicted octanol–water partition coefficient (Wildman–Crippen LogP) is 3.29. The molecule has 0 bridgehead atoms. The maximum absolute atomic E-state index is 14.0. The number of nitrogens with zero attached hydrogens (tertiary/aromatic N) is 4. The zero-order valence-electron chi connectivity index (χ0n) is 15.3. The molecule has 1 aromatic carbocycles. The Morgan fingerprint density at radius 3 is 2.56 bits per heavy atom. The maximum atomic E-state index is 14.0. The van der Waals surface area contributed by atoms with E-state index in [1.54, 1.807) is 0 Å². The number of nitriles is 1. The Balaban J connectivity index is 2.61. The van der Waals surface area contributed by atoms with Crippen molar-refractivity contribution in [1.82, 2.24) is 9.36 Å². The molecule has 2 rings (SSSR count). The number of halogens is 1. The van der Waals surface area contributed by atoms with Gasteiger partial charge in [0.25, 0.3) is 5.91 Å². The molecule has 0 aliphatic rings. The number of benzene rings is 1. The molecule has 1 amide bonds. The fraction of sp³-hybridized carbons (Fsp3) is 0.421. The first-order valence-corrected chi connectivity index (χ1v) is 8.25. The van der Waals surface area contributed by atoms with Crippen LogP contribution >= 0.6 is 0 Å². The van der Waals surface area contributed by atoms with Crippen molar-refractivity contribution < 1.29 is 9.18 Å². The average molecular weight is 342 g/mol. The Bertz CT molecular complexity index is 907. The normalized spacial score (nSPS) is 12.3. The van der Waals surface area contributed by atoms with Crippen LogP contribution in [0.3, 0.4) is 0 Å². The van der Waals surface area contributed by atoms with Gasteiger partial charge >= 0.3 is 0 Å². The summed E-state index contributed by atoms with van der Waals surface area (Å²) in [6.45, 7) is 8.98. The fourth-order valence-electron chi connectivity index (χ4n) is 2.77. The smallest absolute Gasteiger partial charge is 0.282 e. The quantitative estimate of drug-likeness (QED) is 0.859. The molecule has 0 radical (unpaired) electrons. The molecule has 1 heterocycles. The molecular weight excluding hydrogens is 319 g/mol. The highest BCUT2D eigenvalue weighted by molar-refractivity contribution is 5.95. The monoisotopic (exact) mass is 342 g/mol. The van der Waals surface area contributed by atoms with Crippen LogP contribution in [-0.2, 0) is 19.0 Å². The molecule has 0 saturated carbocycles. The summed E-state index contributed by atoms with van der Waals surface area (Å²) in [5.41, 5.74) is 1.43. The van der Waals surface area contributed by atoms with Gasteiger partial charge in [0.15, 0.2) is 5.49 Å². The van der Waals surface area contributed by atoms with Crippen molar-refractivity contribution in [2.24, 2.45) is 12.0 Å². The van der Waals surface area contributed by atoms with E-state index < -0.39 is 11.7 Å². The van der Waals surface area contributed by atoms with Crippen molar-refractivity contribution in [2.45, 2.75) is 46.1 Å². The lowest BCUT2D eigenvalue weighted by atomic mass is 9.92. The lowest BCUT2D eigenvalue weighted by Gasteiger charge is -2.20. The largest absolute Gasteiger partial charge is 0.291 e. The van der Waals surface area contributed by atoms with Gasteiger partial charge in [-0.05, 0) is 24.6 Å². The second-order valence-electron chi connectivity index (χ2n) is 7.01. The van der Waals surface area contributed by atoms with Crippen LogP contribution in [0.5, 0.6) is 0 Å². The van der Waals surface area contributed by atoms with Crippen LogP contribution in [0.4, 0.5) is 4.39 Å². The van der Waals surface area contributed by atoms with Crippen molar-refractivity contribution in [3.8, 4) is 6.07 Å². The van der Waals surface area contributed by atoms with Gasteiger partial charge < -0.3 is 0 Å². The molecule has 0 aliphatic carbocycles. The summed E-state index contributed by atoms with van der Waals surface area (Å²) in [5.74, 6) is -1.37. The van der Waals surface area contributed by atoms with Gasteiger partial charge in [-0.1, -0.05) is 27.7 Å². The van der Waals surface area contributed by atoms with Crippen molar-refractivity contribution >= 4 is 5.91 Å². The molecule has 0 unspecified atom stereocenters. The molecular formula is C19H23FN4O. The van der Waals surface area contributed by atoms with Gasteiger partial charge in [0.2, 0.25) is 0 Å². The highest BCUT2D eigenvalue weighted by atomic mass is 19.1. The number of aromatic nitrogens is 2. The van der Waals surface area contributed by atoms with Crippen molar-refractivity contribution in [3.05, 3.63) is 52.4 Å². The minimum absolute atomic E-state index is 0.118. The van der Waals surface area contributed by atoms with Crippen LogP contribution < -0.4 is 5.49 Å². The number of amides is 1. The molecule has 0 N–H and O–H groups in total. The molecule has 0 saturated heterocycles. The fourth-order valence-corrected chi connectivity index (χ4v) is 2.77. The average Bonchev–Trinajstić information content (AvgIpc) is 2.85. The Morgan fingerprint density at radius 1 is 1.32 bits per heavy atom. The summed E-state index contributed by atoms with van der Waals surface area (Å²) < 4.78 is 17.9. The number of hydrogen-bond donors (Lipinski definition) is 0. The zero-order chi connectivity index (χ0) is 18.8. The van der Waals surface area contributed by atoms with E-state index in [1.165, 1.54) is 12.1 Å². The van der Waals surface area contributed by atoms with Gasteiger partial charge in [0, 0.05) is 30.8 Å². The Labute approximate surface area is 147 Å². The first kappa shape index (κ1) is 18.7. The summed E-state index contributed by atoms with van der Waals surface area (Å²) in [6.07, 6.45) is 0.876. The second-order valence-corrected chi connectivity index (χ2v) is 7.01. The van der Waals surface area contributed by atoms with E-state index in [1.807, 2.05) is 35.5 Å². The SMILES string of the molecule is CCCn1c(=NC(=O)c2cc(C#N)ccc2F)cc(C(C)(C)C)n1C. The molecule has 0 aliphatic heterocycles. The Hall–Kier alpha value is -2.68. The lowest BCUT2D eigenvalue weighted by molar-refractivity contribution is 0.0993. The Kier molecular flexibility index (Phi) is 5.27. The van der Waals surface area contributed by atoms with Gasteiger partial charge in [-0.15, -0.1) is 0 Å². The first-order chi connectivity index (χ1) is 11.7. The molecule has 0 spiro atoms. The van der Waals surface area contributed by atoms with Crippen molar-refractivity contribution in [1.29, 1.82) is 5.26 Å². The predicted molar refractivity (Wildman–Crippen MR) is 93.4 cm³/mol. The maximum Gasteiger partial charge on any atom is 0.282 e. The third-order valence-electron chi connectivity index (χ3n) is 3.99. The Morgan fingerprint density at radius 2 is 2.00 bits per heavy atom. The summed E-state index contributed by atoms with van der Waals surface area (Å²) in [4.78, 5) is 16.6. The highest BCUT2D eigenvalue weighted by Gasteiger charge is 2.20. The van der Waals surface area contributed by atoms with E-state index in [2.05, 4.69) is 25.8 Å². The molecule has 1 aromatic heterocycles. The van der Waals surface area contributed by atoms with E-state index in [9.17, 15) is 9.18 Å². The van der Waals surface area contributed by atoms with Gasteiger partial charge in [-0.2, -0.15) is 10.3 Å². The van der Waals surface area contributed by atoms with Crippen LogP contribution in [0.2, 0.25) is 0 Å². The van der Waals surface area contributed by atoms with Crippen molar-refractivity contribution in [2.75, 3.05) is 0 Å². The number of carbonyl (C=O) groups is 1. The van der Waals surface area contributed by atoms with Crippen LogP contribution in [-0.4, -0.2) is 15.3 Å². The summed E-state index contributed by atoms with van der Waals surface area (Å²) in [6, 6.07) is 7.46. The van der Waals surface area contributed by atoms with Gasteiger partial charge in [-0.3, -0.25) is 14.2 Å². The molecule has 0 atom stereocenters. The van der Waals surface area contributed by atoms with Crippen molar-refractivity contribution in [3.63, 3.8) is 0 Å². The van der Waals surface area contributed by atoms with E-state index in [0.29, 0.717) is 12.0 Å². The third kappa shape index (κ3) is 3.87. The molecule has 2 aromatic rings. The molecule has 0 fully saturated rings. The molecule has 25 heavy (non-hydrogen) atoms. The topological polar surface area (TPSA) is 63.1 Å². The van der Waals surface area contributed by atoms with Crippen LogP contribution in [0.25, 0.3) is 0 Å². The van der Waals surface area contributed by atoms with E-state index >= 15 is 0 Å². The summed E-state index contributed by atoms with van der Waals surface area (Å²) in [7, 11) is 1.93. The second kappa shape index (κ2) is 7.06. The minimum Gasteiger partial charge on any atom is -0.291 e. The lowest BCUT2D eigenvalue weighted by Crippen LogP contribution is -2.25. The standard InChI is InChI=1S/C19H23FN4O/c1-6-9-24-17(11-16(23(24)5)19(2,3)4)22-18(25)14-10-13(12-21)7-8-15(14)20/h7-8,10-11H,6,9H2,1-5H3. The number of carbonyl (C=O) groups excluding carboxylic acids is 1. The summed E-state index contributed by atoms with van der Waals surface area (Å²) >= 11 is 0. The molecule has 6 heteroatoms. The van der Waals surface area contributed by atoms with Gasteiger partial charge in [0.05, 0.1) is 17.2 Å². The van der Waals surface area contributed by atoms with E-state index in [4.69, 9.17) is 5.26 Å². The van der Waals surface area contributed by atoms with Crippen LogP contribution in [0.1, 0.15) is 55.7 Å². The summed E-state index contributed by atoms with van der Waals surface area (Å²) in [5, 5.41) is 8.95. The van der Waals surface area contributed by atoms with Gasteiger partial charge in [0.1, 0.15) is 5.82 Å². The van der Waals surface area contributed by atoms with Crippen LogP contribution in [0, 0.1) is 17.1 Å². The van der Waals surface area contributed by atoms with Crippen LogP contribution in [0.15, 0.2) is 29.3 Å². The number of hydrogen-bond acceptors (Lipinski definition) is 2. The minimum atomic E-state index is -0.689. The molecule has 132 valence electrons. The highest BCUT2D eigenvalue weighted by Crippen LogP contribution is 2.20. The third-order valence-corrected chi connectivity index (χ3v) is 3.99.